The SMILES string of the molecule is COc1ccc(/C=C2\CC(=O)NNC2=O)cc1. The molecule has 1 saturated heterocycles. The van der Waals surface area contributed by atoms with E-state index in [1.807, 2.05) is 12.1 Å². The molecule has 1 aromatic carbocycles. The number of rotatable bonds is 2. The molecule has 17 heavy (non-hydrogen) atoms. The molecule has 0 bridgehead atoms. The van der Waals surface area contributed by atoms with Crippen molar-refractivity contribution < 1.29 is 14.3 Å². The lowest BCUT2D eigenvalue weighted by atomic mass is 10.1. The molecule has 0 spiro atoms. The molecule has 1 aliphatic rings. The molecule has 1 aromatic rings. The van der Waals surface area contributed by atoms with E-state index < -0.39 is 0 Å². The monoisotopic (exact) mass is 232 g/mol. The third kappa shape index (κ3) is 2.63. The first-order chi connectivity index (χ1) is 8.19. The second-order valence-electron chi connectivity index (χ2n) is 3.62. The van der Waals surface area contributed by atoms with E-state index in [1.54, 1.807) is 25.3 Å². The Bertz CT molecular complexity index is 477. The number of carbonyl (C=O) groups is 2. The summed E-state index contributed by atoms with van der Waals surface area (Å²) in [7, 11) is 1.59. The molecule has 0 aromatic heterocycles. The zero-order valence-corrected chi connectivity index (χ0v) is 9.32. The van der Waals surface area contributed by atoms with Gasteiger partial charge in [0.05, 0.1) is 13.5 Å². The van der Waals surface area contributed by atoms with Gasteiger partial charge in [-0.3, -0.25) is 20.4 Å². The lowest BCUT2D eigenvalue weighted by Gasteiger charge is -2.15. The first-order valence-electron chi connectivity index (χ1n) is 5.13. The summed E-state index contributed by atoms with van der Waals surface area (Å²) < 4.78 is 5.03. The van der Waals surface area contributed by atoms with Gasteiger partial charge in [0.15, 0.2) is 0 Å². The first kappa shape index (κ1) is 11.2. The Morgan fingerprint density at radius 3 is 2.53 bits per heavy atom. The minimum Gasteiger partial charge on any atom is -0.497 e. The molecule has 0 atom stereocenters. The number of amides is 2. The molecule has 0 saturated carbocycles. The number of nitrogens with one attached hydrogen (secondary N) is 2. The van der Waals surface area contributed by atoms with Crippen molar-refractivity contribution in [3.63, 3.8) is 0 Å². The molecule has 88 valence electrons. The van der Waals surface area contributed by atoms with Gasteiger partial charge in [-0.2, -0.15) is 0 Å². The van der Waals surface area contributed by atoms with Crippen LogP contribution in [0.3, 0.4) is 0 Å². The van der Waals surface area contributed by atoms with Gasteiger partial charge >= 0.3 is 0 Å². The van der Waals surface area contributed by atoms with Gasteiger partial charge in [-0.1, -0.05) is 12.1 Å². The van der Waals surface area contributed by atoms with Crippen molar-refractivity contribution >= 4 is 17.9 Å². The van der Waals surface area contributed by atoms with Crippen LogP contribution in [0.15, 0.2) is 29.8 Å². The molecule has 5 heteroatoms. The van der Waals surface area contributed by atoms with Gasteiger partial charge in [0.25, 0.3) is 5.91 Å². The van der Waals surface area contributed by atoms with Crippen LogP contribution in [0, 0.1) is 0 Å². The smallest absolute Gasteiger partial charge is 0.266 e. The molecule has 1 fully saturated rings. The van der Waals surface area contributed by atoms with Crippen LogP contribution in [-0.4, -0.2) is 18.9 Å². The number of benzene rings is 1. The van der Waals surface area contributed by atoms with E-state index in [4.69, 9.17) is 4.74 Å². The van der Waals surface area contributed by atoms with Crippen molar-refractivity contribution in [1.29, 1.82) is 0 Å². The zero-order valence-electron chi connectivity index (χ0n) is 9.32. The molecular weight excluding hydrogens is 220 g/mol. The summed E-state index contributed by atoms with van der Waals surface area (Å²) in [5.74, 6) is 0.253. The summed E-state index contributed by atoms with van der Waals surface area (Å²) in [5, 5.41) is 0. The zero-order chi connectivity index (χ0) is 12.3. The Morgan fingerprint density at radius 1 is 1.18 bits per heavy atom. The van der Waals surface area contributed by atoms with Crippen LogP contribution in [-0.2, 0) is 9.59 Å². The summed E-state index contributed by atoms with van der Waals surface area (Å²) >= 11 is 0. The highest BCUT2D eigenvalue weighted by atomic mass is 16.5. The largest absolute Gasteiger partial charge is 0.497 e. The molecule has 2 amide bonds. The van der Waals surface area contributed by atoms with Gasteiger partial charge in [-0.25, -0.2) is 0 Å². The fourth-order valence-corrected chi connectivity index (χ4v) is 1.52. The third-order valence-corrected chi connectivity index (χ3v) is 2.41. The summed E-state index contributed by atoms with van der Waals surface area (Å²) in [4.78, 5) is 22.6. The topological polar surface area (TPSA) is 67.4 Å². The predicted octanol–water partition coefficient (Wildman–Crippen LogP) is 0.630. The number of hydrogen-bond donors (Lipinski definition) is 2. The van der Waals surface area contributed by atoms with Crippen molar-refractivity contribution in [2.75, 3.05) is 7.11 Å². The fourth-order valence-electron chi connectivity index (χ4n) is 1.52. The van der Waals surface area contributed by atoms with E-state index in [0.717, 1.165) is 11.3 Å². The normalized spacial score (nSPS) is 17.6. The molecule has 1 aliphatic heterocycles. The molecular formula is C12H12N2O3. The van der Waals surface area contributed by atoms with E-state index in [0.29, 0.717) is 5.57 Å². The Balaban J connectivity index is 2.21. The Hall–Kier alpha value is -2.30. The molecule has 0 unspecified atom stereocenters. The Morgan fingerprint density at radius 2 is 1.88 bits per heavy atom. The second kappa shape index (κ2) is 4.69. The highest BCUT2D eigenvalue weighted by Gasteiger charge is 2.19. The van der Waals surface area contributed by atoms with Gasteiger partial charge < -0.3 is 4.74 Å². The van der Waals surface area contributed by atoms with Crippen LogP contribution in [0.1, 0.15) is 12.0 Å². The Kier molecular flexibility index (Phi) is 3.09. The van der Waals surface area contributed by atoms with Gasteiger partial charge in [0.1, 0.15) is 5.75 Å². The quantitative estimate of drug-likeness (QED) is 0.735. The maximum atomic E-state index is 11.4. The van der Waals surface area contributed by atoms with Crippen molar-refractivity contribution in [2.24, 2.45) is 0 Å². The van der Waals surface area contributed by atoms with Crippen LogP contribution in [0.5, 0.6) is 5.75 Å². The number of ether oxygens (including phenoxy) is 1. The number of hydrazine groups is 1. The van der Waals surface area contributed by atoms with E-state index in [9.17, 15) is 9.59 Å². The van der Waals surface area contributed by atoms with Gasteiger partial charge in [-0.05, 0) is 23.8 Å². The summed E-state index contributed by atoms with van der Waals surface area (Å²) in [6.07, 6.45) is 1.78. The van der Waals surface area contributed by atoms with Crippen molar-refractivity contribution in [1.82, 2.24) is 10.9 Å². The standard InChI is InChI=1S/C12H12N2O3/c1-17-10-4-2-8(3-5-10)6-9-7-11(15)13-14-12(9)16/h2-6H,7H2,1H3,(H,13,15)(H,14,16)/b9-6+. The third-order valence-electron chi connectivity index (χ3n) is 2.41. The van der Waals surface area contributed by atoms with Crippen molar-refractivity contribution in [2.45, 2.75) is 6.42 Å². The van der Waals surface area contributed by atoms with Crippen LogP contribution >= 0.6 is 0 Å². The van der Waals surface area contributed by atoms with E-state index in [-0.39, 0.29) is 18.2 Å². The molecule has 2 rings (SSSR count). The summed E-state index contributed by atoms with van der Waals surface area (Å²) in [6, 6.07) is 7.25. The minimum absolute atomic E-state index is 0.0951. The van der Waals surface area contributed by atoms with Gasteiger partial charge in [0, 0.05) is 5.57 Å². The van der Waals surface area contributed by atoms with Crippen LogP contribution in [0.4, 0.5) is 0 Å². The maximum absolute atomic E-state index is 11.4. The maximum Gasteiger partial charge on any atom is 0.266 e. The van der Waals surface area contributed by atoms with Gasteiger partial charge in [0.2, 0.25) is 5.91 Å². The summed E-state index contributed by atoms with van der Waals surface area (Å²) in [5.41, 5.74) is 5.86. The molecule has 0 radical (unpaired) electrons. The number of carbonyl (C=O) groups excluding carboxylic acids is 2. The lowest BCUT2D eigenvalue weighted by molar-refractivity contribution is -0.130. The predicted molar refractivity (Wildman–Crippen MR) is 61.9 cm³/mol. The van der Waals surface area contributed by atoms with Crippen LogP contribution < -0.4 is 15.6 Å². The van der Waals surface area contributed by atoms with Crippen LogP contribution in [0.25, 0.3) is 6.08 Å². The van der Waals surface area contributed by atoms with Crippen LogP contribution in [0.2, 0.25) is 0 Å². The van der Waals surface area contributed by atoms with Crippen molar-refractivity contribution in [3.8, 4) is 5.75 Å². The fraction of sp³-hybridized carbons (Fsp3) is 0.167. The highest BCUT2D eigenvalue weighted by molar-refractivity contribution is 6.05. The average Bonchev–Trinajstić information content (AvgIpc) is 2.35. The number of hydrogen-bond acceptors (Lipinski definition) is 3. The summed E-state index contributed by atoms with van der Waals surface area (Å²) in [6.45, 7) is 0. The lowest BCUT2D eigenvalue weighted by Crippen LogP contribution is -2.47. The number of methoxy groups -OCH3 is 1. The average molecular weight is 232 g/mol. The van der Waals surface area contributed by atoms with Gasteiger partial charge in [-0.15, -0.1) is 0 Å². The highest BCUT2D eigenvalue weighted by Crippen LogP contribution is 2.16. The molecule has 2 N–H and O–H groups in total. The molecule has 5 nitrogen and oxygen atoms in total. The van der Waals surface area contributed by atoms with Crippen molar-refractivity contribution in [3.05, 3.63) is 35.4 Å². The Labute approximate surface area is 98.4 Å². The minimum atomic E-state index is -0.277. The van der Waals surface area contributed by atoms with E-state index in [1.165, 1.54) is 0 Å². The molecule has 1 heterocycles. The van der Waals surface area contributed by atoms with E-state index >= 15 is 0 Å². The van der Waals surface area contributed by atoms with E-state index in [2.05, 4.69) is 10.9 Å². The first-order valence-corrected chi connectivity index (χ1v) is 5.13. The second-order valence-corrected chi connectivity index (χ2v) is 3.62. The molecule has 0 aliphatic carbocycles.